The van der Waals surface area contributed by atoms with Crippen LogP contribution >= 0.6 is 0 Å². The molecule has 0 saturated heterocycles. The summed E-state index contributed by atoms with van der Waals surface area (Å²) in [5, 5.41) is 0. The Bertz CT molecular complexity index is 384. The molecule has 1 heterocycles. The molecule has 1 aromatic rings. The first-order valence-electron chi connectivity index (χ1n) is 5.87. The zero-order valence-corrected chi connectivity index (χ0v) is 10.6. The number of hydrogen-bond acceptors (Lipinski definition) is 3. The van der Waals surface area contributed by atoms with Crippen molar-refractivity contribution >= 4 is 5.82 Å². The van der Waals surface area contributed by atoms with Gasteiger partial charge in [-0.3, -0.25) is 4.79 Å². The summed E-state index contributed by atoms with van der Waals surface area (Å²) < 4.78 is 0. The molecule has 0 radical (unpaired) electrons. The predicted molar refractivity (Wildman–Crippen MR) is 67.1 cm³/mol. The highest BCUT2D eigenvalue weighted by Crippen LogP contribution is 2.12. The molecule has 0 aliphatic rings. The van der Waals surface area contributed by atoms with Crippen molar-refractivity contribution in [1.29, 1.82) is 0 Å². The summed E-state index contributed by atoms with van der Waals surface area (Å²) in [7, 11) is 1.97. The van der Waals surface area contributed by atoms with Crippen LogP contribution in [0.15, 0.2) is 10.9 Å². The molecule has 0 unspecified atom stereocenters. The Kier molecular flexibility index (Phi) is 4.52. The summed E-state index contributed by atoms with van der Waals surface area (Å²) in [6, 6.07) is 1.56. The first-order chi connectivity index (χ1) is 7.54. The van der Waals surface area contributed by atoms with Crippen LogP contribution in [0.5, 0.6) is 0 Å². The number of nitrogens with zero attached hydrogens (tertiary/aromatic N) is 2. The molecular weight excluding hydrogens is 202 g/mol. The van der Waals surface area contributed by atoms with Crippen molar-refractivity contribution in [3.8, 4) is 0 Å². The minimum absolute atomic E-state index is 0.0722. The Balaban J connectivity index is 2.91. The number of rotatable bonds is 5. The molecule has 0 aromatic carbocycles. The van der Waals surface area contributed by atoms with Crippen LogP contribution in [0.2, 0.25) is 0 Å². The van der Waals surface area contributed by atoms with Gasteiger partial charge in [0.15, 0.2) is 0 Å². The van der Waals surface area contributed by atoms with Crippen LogP contribution < -0.4 is 10.5 Å². The second-order valence-corrected chi connectivity index (χ2v) is 4.42. The predicted octanol–water partition coefficient (Wildman–Crippen LogP) is 2.13. The van der Waals surface area contributed by atoms with E-state index in [0.717, 1.165) is 31.0 Å². The third kappa shape index (κ3) is 3.36. The summed E-state index contributed by atoms with van der Waals surface area (Å²) in [6.45, 7) is 7.13. The van der Waals surface area contributed by atoms with Crippen molar-refractivity contribution in [3.05, 3.63) is 22.2 Å². The normalized spacial score (nSPS) is 10.8. The Morgan fingerprint density at radius 1 is 1.50 bits per heavy atom. The van der Waals surface area contributed by atoms with Crippen molar-refractivity contribution in [2.45, 2.75) is 39.5 Å². The lowest BCUT2D eigenvalue weighted by Crippen LogP contribution is -2.23. The molecular formula is C12H21N3O. The highest BCUT2D eigenvalue weighted by Gasteiger charge is 2.08. The molecule has 0 saturated carbocycles. The molecule has 1 aromatic heterocycles. The van der Waals surface area contributed by atoms with Crippen LogP contribution in [0.25, 0.3) is 0 Å². The molecule has 1 rings (SSSR count). The number of anilines is 1. The van der Waals surface area contributed by atoms with Gasteiger partial charge in [0.1, 0.15) is 11.6 Å². The van der Waals surface area contributed by atoms with E-state index in [1.807, 2.05) is 25.8 Å². The minimum Gasteiger partial charge on any atom is -0.359 e. The van der Waals surface area contributed by atoms with E-state index in [9.17, 15) is 4.79 Å². The summed E-state index contributed by atoms with van der Waals surface area (Å²) >= 11 is 0. The SMILES string of the molecule is CCCCN(C)c1cc(=O)[nH]c(C(C)C)n1. The molecule has 1 N–H and O–H groups in total. The second kappa shape index (κ2) is 5.68. The van der Waals surface area contributed by atoms with Gasteiger partial charge < -0.3 is 9.88 Å². The van der Waals surface area contributed by atoms with Crippen molar-refractivity contribution in [3.63, 3.8) is 0 Å². The van der Waals surface area contributed by atoms with Crippen LogP contribution in [0.1, 0.15) is 45.4 Å². The average molecular weight is 223 g/mol. The molecule has 0 fully saturated rings. The Morgan fingerprint density at radius 3 is 2.75 bits per heavy atom. The zero-order chi connectivity index (χ0) is 12.1. The molecule has 0 aliphatic heterocycles. The van der Waals surface area contributed by atoms with E-state index < -0.39 is 0 Å². The van der Waals surface area contributed by atoms with Gasteiger partial charge in [-0.15, -0.1) is 0 Å². The van der Waals surface area contributed by atoms with Gasteiger partial charge in [0, 0.05) is 25.6 Å². The van der Waals surface area contributed by atoms with Gasteiger partial charge in [0.25, 0.3) is 5.56 Å². The maximum Gasteiger partial charge on any atom is 0.252 e. The fourth-order valence-corrected chi connectivity index (χ4v) is 1.44. The number of hydrogen-bond donors (Lipinski definition) is 1. The van der Waals surface area contributed by atoms with Crippen LogP contribution in [0, 0.1) is 0 Å². The van der Waals surface area contributed by atoms with Gasteiger partial charge in [0.05, 0.1) is 0 Å². The molecule has 4 heteroatoms. The van der Waals surface area contributed by atoms with Gasteiger partial charge in [-0.25, -0.2) is 4.98 Å². The van der Waals surface area contributed by atoms with Crippen LogP contribution in [0.4, 0.5) is 5.82 Å². The van der Waals surface area contributed by atoms with E-state index in [1.54, 1.807) is 6.07 Å². The highest BCUT2D eigenvalue weighted by molar-refractivity contribution is 5.36. The minimum atomic E-state index is -0.0722. The van der Waals surface area contributed by atoms with Crippen molar-refractivity contribution in [1.82, 2.24) is 9.97 Å². The van der Waals surface area contributed by atoms with E-state index in [1.165, 1.54) is 0 Å². The van der Waals surface area contributed by atoms with Gasteiger partial charge >= 0.3 is 0 Å². The maximum atomic E-state index is 11.5. The number of aromatic amines is 1. The molecule has 90 valence electrons. The third-order valence-electron chi connectivity index (χ3n) is 2.53. The smallest absolute Gasteiger partial charge is 0.252 e. The van der Waals surface area contributed by atoms with Crippen molar-refractivity contribution in [2.24, 2.45) is 0 Å². The van der Waals surface area contributed by atoms with E-state index >= 15 is 0 Å². The fraction of sp³-hybridized carbons (Fsp3) is 0.667. The standard InChI is InChI=1S/C12H21N3O/c1-5-6-7-15(4)10-8-11(16)14-12(13-10)9(2)3/h8-9H,5-7H2,1-4H3,(H,13,14,16). The van der Waals surface area contributed by atoms with E-state index in [-0.39, 0.29) is 11.5 Å². The number of nitrogens with one attached hydrogen (secondary N) is 1. The van der Waals surface area contributed by atoms with E-state index in [2.05, 4.69) is 16.9 Å². The maximum absolute atomic E-state index is 11.5. The molecule has 4 nitrogen and oxygen atoms in total. The topological polar surface area (TPSA) is 49.0 Å². The largest absolute Gasteiger partial charge is 0.359 e. The van der Waals surface area contributed by atoms with Crippen molar-refractivity contribution in [2.75, 3.05) is 18.5 Å². The Labute approximate surface area is 96.7 Å². The summed E-state index contributed by atoms with van der Waals surface area (Å²) in [5.74, 6) is 1.76. The van der Waals surface area contributed by atoms with E-state index in [4.69, 9.17) is 0 Å². The summed E-state index contributed by atoms with van der Waals surface area (Å²) in [4.78, 5) is 20.7. The van der Waals surface area contributed by atoms with Crippen LogP contribution in [-0.2, 0) is 0 Å². The quantitative estimate of drug-likeness (QED) is 0.832. The highest BCUT2D eigenvalue weighted by atomic mass is 16.1. The Morgan fingerprint density at radius 2 is 2.19 bits per heavy atom. The van der Waals surface area contributed by atoms with Gasteiger partial charge in [-0.05, 0) is 6.42 Å². The molecule has 0 aliphatic carbocycles. The van der Waals surface area contributed by atoms with Crippen LogP contribution in [0.3, 0.4) is 0 Å². The molecule has 0 atom stereocenters. The number of unbranched alkanes of at least 4 members (excludes halogenated alkanes) is 1. The average Bonchev–Trinajstić information content (AvgIpc) is 2.24. The first kappa shape index (κ1) is 12.7. The lowest BCUT2D eigenvalue weighted by atomic mass is 10.2. The van der Waals surface area contributed by atoms with Gasteiger partial charge in [0.2, 0.25) is 0 Å². The van der Waals surface area contributed by atoms with Crippen molar-refractivity contribution < 1.29 is 0 Å². The van der Waals surface area contributed by atoms with E-state index in [0.29, 0.717) is 0 Å². The third-order valence-corrected chi connectivity index (χ3v) is 2.53. The number of aromatic nitrogens is 2. The molecule has 16 heavy (non-hydrogen) atoms. The number of H-pyrrole nitrogens is 1. The monoisotopic (exact) mass is 223 g/mol. The lowest BCUT2D eigenvalue weighted by molar-refractivity contribution is 0.731. The van der Waals surface area contributed by atoms with Crippen LogP contribution in [-0.4, -0.2) is 23.6 Å². The molecule has 0 bridgehead atoms. The van der Waals surface area contributed by atoms with Gasteiger partial charge in [-0.2, -0.15) is 0 Å². The summed E-state index contributed by atoms with van der Waals surface area (Å²) in [5.41, 5.74) is -0.0722. The first-order valence-corrected chi connectivity index (χ1v) is 5.87. The Hall–Kier alpha value is -1.32. The summed E-state index contributed by atoms with van der Waals surface area (Å²) in [6.07, 6.45) is 2.26. The second-order valence-electron chi connectivity index (χ2n) is 4.42. The van der Waals surface area contributed by atoms with Gasteiger partial charge in [-0.1, -0.05) is 27.2 Å². The fourth-order valence-electron chi connectivity index (χ4n) is 1.44. The molecule has 0 spiro atoms. The molecule has 0 amide bonds. The lowest BCUT2D eigenvalue weighted by Gasteiger charge is -2.18. The zero-order valence-electron chi connectivity index (χ0n) is 10.6.